The van der Waals surface area contributed by atoms with Gasteiger partial charge in [-0.25, -0.2) is 0 Å². The number of hydrogen-bond donors (Lipinski definition) is 1. The lowest BCUT2D eigenvalue weighted by atomic mass is 9.69. The maximum absolute atomic E-state index is 6.40. The van der Waals surface area contributed by atoms with E-state index in [1.807, 2.05) is 12.1 Å². The summed E-state index contributed by atoms with van der Waals surface area (Å²) in [5.74, 6) is 0. The van der Waals surface area contributed by atoms with E-state index in [-0.39, 0.29) is 5.41 Å². The molecule has 1 N–H and O–H groups in total. The molecule has 0 radical (unpaired) electrons. The molecule has 1 nitrogen and oxygen atoms in total. The molecule has 0 aromatic heterocycles. The Hall–Kier alpha value is -0.530. The second-order valence-corrected chi connectivity index (χ2v) is 5.51. The first-order valence-electron chi connectivity index (χ1n) is 6.74. The topological polar surface area (TPSA) is 12.0 Å². The van der Waals surface area contributed by atoms with Crippen molar-refractivity contribution in [3.8, 4) is 0 Å². The van der Waals surface area contributed by atoms with Gasteiger partial charge in [0, 0.05) is 17.0 Å². The minimum atomic E-state index is 0.270. The van der Waals surface area contributed by atoms with Crippen molar-refractivity contribution in [3.05, 3.63) is 34.9 Å². The monoisotopic (exact) mass is 251 g/mol. The van der Waals surface area contributed by atoms with Crippen LogP contribution < -0.4 is 5.32 Å². The van der Waals surface area contributed by atoms with E-state index in [1.165, 1.54) is 37.7 Å². The lowest BCUT2D eigenvalue weighted by molar-refractivity contribution is 0.282. The predicted octanol–water partition coefficient (Wildman–Crippen LogP) is 4.15. The summed E-state index contributed by atoms with van der Waals surface area (Å²) in [4.78, 5) is 0. The molecule has 1 aliphatic carbocycles. The second kappa shape index (κ2) is 5.88. The molecular formula is C15H22ClN. The first-order chi connectivity index (χ1) is 8.28. The molecule has 0 spiro atoms. The highest BCUT2D eigenvalue weighted by molar-refractivity contribution is 6.31. The van der Waals surface area contributed by atoms with Crippen molar-refractivity contribution in [2.75, 3.05) is 13.1 Å². The van der Waals surface area contributed by atoms with Gasteiger partial charge in [0.2, 0.25) is 0 Å². The number of halogens is 1. The molecule has 17 heavy (non-hydrogen) atoms. The van der Waals surface area contributed by atoms with Crippen molar-refractivity contribution in [1.29, 1.82) is 0 Å². The van der Waals surface area contributed by atoms with Crippen molar-refractivity contribution in [2.45, 2.75) is 44.4 Å². The van der Waals surface area contributed by atoms with E-state index in [0.717, 1.165) is 18.1 Å². The van der Waals surface area contributed by atoms with Crippen LogP contribution in [0.4, 0.5) is 0 Å². The van der Waals surface area contributed by atoms with E-state index in [9.17, 15) is 0 Å². The molecule has 0 heterocycles. The van der Waals surface area contributed by atoms with Gasteiger partial charge in [-0.1, -0.05) is 56.0 Å². The van der Waals surface area contributed by atoms with Crippen LogP contribution in [0, 0.1) is 0 Å². The number of rotatable bonds is 4. The molecule has 0 bridgehead atoms. The first kappa shape index (κ1) is 12.9. The molecule has 2 rings (SSSR count). The Morgan fingerprint density at radius 3 is 2.53 bits per heavy atom. The molecule has 2 heteroatoms. The summed E-state index contributed by atoms with van der Waals surface area (Å²) in [6.45, 7) is 4.27. The van der Waals surface area contributed by atoms with E-state index in [2.05, 4.69) is 24.4 Å². The highest BCUT2D eigenvalue weighted by atomic mass is 35.5. The molecule has 94 valence electrons. The van der Waals surface area contributed by atoms with Crippen molar-refractivity contribution in [2.24, 2.45) is 0 Å². The van der Waals surface area contributed by atoms with Gasteiger partial charge in [-0.05, 0) is 31.0 Å². The summed E-state index contributed by atoms with van der Waals surface area (Å²) in [6.07, 6.45) is 6.57. The molecule has 1 fully saturated rings. The van der Waals surface area contributed by atoms with Gasteiger partial charge >= 0.3 is 0 Å². The Balaban J connectivity index is 2.28. The Kier molecular flexibility index (Phi) is 4.47. The highest BCUT2D eigenvalue weighted by Crippen LogP contribution is 2.41. The number of hydrogen-bond acceptors (Lipinski definition) is 1. The molecule has 0 unspecified atom stereocenters. The van der Waals surface area contributed by atoms with Gasteiger partial charge in [-0.15, -0.1) is 0 Å². The summed E-state index contributed by atoms with van der Waals surface area (Å²) < 4.78 is 0. The summed E-state index contributed by atoms with van der Waals surface area (Å²) in [7, 11) is 0. The maximum Gasteiger partial charge on any atom is 0.0444 e. The van der Waals surface area contributed by atoms with Gasteiger partial charge in [0.1, 0.15) is 0 Å². The molecule has 0 saturated heterocycles. The van der Waals surface area contributed by atoms with Crippen molar-refractivity contribution in [1.82, 2.24) is 5.32 Å². The largest absolute Gasteiger partial charge is 0.316 e. The van der Waals surface area contributed by atoms with Crippen LogP contribution >= 0.6 is 11.6 Å². The van der Waals surface area contributed by atoms with Crippen molar-refractivity contribution < 1.29 is 0 Å². The summed E-state index contributed by atoms with van der Waals surface area (Å²) >= 11 is 6.40. The smallest absolute Gasteiger partial charge is 0.0444 e. The average Bonchev–Trinajstić information content (AvgIpc) is 2.38. The third-order valence-electron chi connectivity index (χ3n) is 3.97. The molecule has 1 aliphatic rings. The number of nitrogens with one attached hydrogen (secondary N) is 1. The average molecular weight is 252 g/mol. The lowest BCUT2D eigenvalue weighted by Crippen LogP contribution is -2.40. The lowest BCUT2D eigenvalue weighted by Gasteiger charge is -2.38. The van der Waals surface area contributed by atoms with Crippen LogP contribution in [0.25, 0.3) is 0 Å². The Labute approximate surface area is 110 Å². The first-order valence-corrected chi connectivity index (χ1v) is 7.12. The molecule has 0 aliphatic heterocycles. The zero-order chi connectivity index (χ0) is 12.1. The Morgan fingerprint density at radius 1 is 1.18 bits per heavy atom. The fraction of sp³-hybridized carbons (Fsp3) is 0.600. The normalized spacial score (nSPS) is 19.2. The van der Waals surface area contributed by atoms with Gasteiger partial charge in [0.05, 0.1) is 0 Å². The quantitative estimate of drug-likeness (QED) is 0.848. The molecular weight excluding hydrogens is 230 g/mol. The maximum atomic E-state index is 6.40. The predicted molar refractivity (Wildman–Crippen MR) is 74.8 cm³/mol. The van der Waals surface area contributed by atoms with Gasteiger partial charge in [-0.2, -0.15) is 0 Å². The fourth-order valence-electron chi connectivity index (χ4n) is 3.03. The third kappa shape index (κ3) is 2.83. The third-order valence-corrected chi connectivity index (χ3v) is 4.30. The zero-order valence-electron chi connectivity index (χ0n) is 10.6. The van der Waals surface area contributed by atoms with E-state index in [1.54, 1.807) is 0 Å². The van der Waals surface area contributed by atoms with E-state index in [0.29, 0.717) is 0 Å². The van der Waals surface area contributed by atoms with Crippen LogP contribution in [0.1, 0.15) is 44.6 Å². The minimum absolute atomic E-state index is 0.270. The molecule has 1 aromatic carbocycles. The molecule has 1 saturated carbocycles. The molecule has 0 atom stereocenters. The summed E-state index contributed by atoms with van der Waals surface area (Å²) in [5, 5.41) is 4.46. The minimum Gasteiger partial charge on any atom is -0.316 e. The van der Waals surface area contributed by atoms with Crippen molar-refractivity contribution >= 4 is 11.6 Å². The SMILES string of the molecule is CCNCC1(c2ccccc2Cl)CCCCC1. The summed E-state index contributed by atoms with van der Waals surface area (Å²) in [5.41, 5.74) is 1.62. The van der Waals surface area contributed by atoms with Crippen LogP contribution in [-0.4, -0.2) is 13.1 Å². The summed E-state index contributed by atoms with van der Waals surface area (Å²) in [6, 6.07) is 8.38. The highest BCUT2D eigenvalue weighted by Gasteiger charge is 2.34. The van der Waals surface area contributed by atoms with Crippen LogP contribution in [0.3, 0.4) is 0 Å². The second-order valence-electron chi connectivity index (χ2n) is 5.10. The van der Waals surface area contributed by atoms with Crippen LogP contribution in [0.15, 0.2) is 24.3 Å². The van der Waals surface area contributed by atoms with E-state index < -0.39 is 0 Å². The van der Waals surface area contributed by atoms with Gasteiger partial charge in [0.25, 0.3) is 0 Å². The Bertz CT molecular complexity index is 356. The standard InChI is InChI=1S/C15H22ClN/c1-2-17-12-15(10-6-3-7-11-15)13-8-4-5-9-14(13)16/h4-5,8-9,17H,2-3,6-7,10-12H2,1H3. The molecule has 1 aromatic rings. The zero-order valence-corrected chi connectivity index (χ0v) is 11.4. The van der Waals surface area contributed by atoms with Gasteiger partial charge in [0.15, 0.2) is 0 Å². The number of likely N-dealkylation sites (N-methyl/N-ethyl adjacent to an activating group) is 1. The fourth-order valence-corrected chi connectivity index (χ4v) is 3.36. The van der Waals surface area contributed by atoms with Crippen LogP contribution in [-0.2, 0) is 5.41 Å². The van der Waals surface area contributed by atoms with Gasteiger partial charge < -0.3 is 5.32 Å². The van der Waals surface area contributed by atoms with Gasteiger partial charge in [-0.3, -0.25) is 0 Å². The van der Waals surface area contributed by atoms with Crippen molar-refractivity contribution in [3.63, 3.8) is 0 Å². The molecule has 0 amide bonds. The van der Waals surface area contributed by atoms with Crippen LogP contribution in [0.5, 0.6) is 0 Å². The van der Waals surface area contributed by atoms with Crippen LogP contribution in [0.2, 0.25) is 5.02 Å². The van der Waals surface area contributed by atoms with E-state index in [4.69, 9.17) is 11.6 Å². The number of benzene rings is 1. The van der Waals surface area contributed by atoms with E-state index >= 15 is 0 Å². The Morgan fingerprint density at radius 2 is 1.88 bits per heavy atom.